The molecule has 0 bridgehead atoms. The first-order chi connectivity index (χ1) is 5.13. The molecule has 0 spiro atoms. The zero-order valence-corrected chi connectivity index (χ0v) is 5.99. The Hall–Kier alpha value is -1.32. The summed E-state index contributed by atoms with van der Waals surface area (Å²) in [5, 5.41) is 15.6. The molecule has 0 aliphatic heterocycles. The lowest BCUT2D eigenvalue weighted by atomic mass is 10.5. The largest absolute Gasteiger partial charge is 0.478 e. The van der Waals surface area contributed by atoms with Gasteiger partial charge in [-0.05, 0) is 0 Å². The summed E-state index contributed by atoms with van der Waals surface area (Å²) in [7, 11) is 0. The molecule has 1 aliphatic carbocycles. The SMILES string of the molecule is C1CC1.O=C(O)/C=C\C(=O)O. The van der Waals surface area contributed by atoms with Crippen molar-refractivity contribution in [2.45, 2.75) is 19.3 Å². The van der Waals surface area contributed by atoms with E-state index >= 15 is 0 Å². The number of carboxylic acid groups (broad SMARTS) is 2. The molecular weight excluding hydrogens is 148 g/mol. The highest BCUT2D eigenvalue weighted by Gasteiger charge is 1.95. The second-order valence-electron chi connectivity index (χ2n) is 2.07. The fraction of sp³-hybridized carbons (Fsp3) is 0.429. The van der Waals surface area contributed by atoms with E-state index in [1.165, 1.54) is 19.3 Å². The van der Waals surface area contributed by atoms with Gasteiger partial charge >= 0.3 is 11.9 Å². The van der Waals surface area contributed by atoms with Gasteiger partial charge in [-0.25, -0.2) is 9.59 Å². The van der Waals surface area contributed by atoms with E-state index in [0.717, 1.165) is 0 Å². The van der Waals surface area contributed by atoms with Crippen LogP contribution in [0.3, 0.4) is 0 Å². The van der Waals surface area contributed by atoms with E-state index in [0.29, 0.717) is 12.2 Å². The van der Waals surface area contributed by atoms with Crippen LogP contribution in [-0.4, -0.2) is 22.2 Å². The molecule has 0 heterocycles. The summed E-state index contributed by atoms with van der Waals surface area (Å²) in [5.41, 5.74) is 0. The minimum absolute atomic E-state index is 0.558. The van der Waals surface area contributed by atoms with Gasteiger partial charge in [0.25, 0.3) is 0 Å². The molecule has 1 rings (SSSR count). The van der Waals surface area contributed by atoms with Gasteiger partial charge in [0.1, 0.15) is 0 Å². The van der Waals surface area contributed by atoms with Crippen LogP contribution >= 0.6 is 0 Å². The third-order valence-electron chi connectivity index (χ3n) is 0.722. The Labute approximate surface area is 64.2 Å². The van der Waals surface area contributed by atoms with E-state index in [9.17, 15) is 9.59 Å². The average Bonchev–Trinajstić information content (AvgIpc) is 2.67. The fourth-order valence-corrected chi connectivity index (χ4v) is 0.143. The maximum Gasteiger partial charge on any atom is 0.328 e. The average molecular weight is 158 g/mol. The molecule has 0 amide bonds. The maximum atomic E-state index is 9.55. The van der Waals surface area contributed by atoms with Gasteiger partial charge in [0.2, 0.25) is 0 Å². The van der Waals surface area contributed by atoms with E-state index in [2.05, 4.69) is 0 Å². The monoisotopic (exact) mass is 158 g/mol. The van der Waals surface area contributed by atoms with E-state index in [1.54, 1.807) is 0 Å². The normalized spacial score (nSPS) is 13.5. The van der Waals surface area contributed by atoms with Crippen LogP contribution in [0.4, 0.5) is 0 Å². The van der Waals surface area contributed by atoms with Crippen LogP contribution in [0.5, 0.6) is 0 Å². The molecule has 1 saturated carbocycles. The van der Waals surface area contributed by atoms with Gasteiger partial charge < -0.3 is 10.2 Å². The molecule has 2 N–H and O–H groups in total. The summed E-state index contributed by atoms with van der Waals surface area (Å²) in [6.45, 7) is 0. The number of carbonyl (C=O) groups is 2. The zero-order valence-electron chi connectivity index (χ0n) is 5.99. The van der Waals surface area contributed by atoms with Crippen LogP contribution in [0, 0.1) is 0 Å². The molecule has 11 heavy (non-hydrogen) atoms. The first-order valence-electron chi connectivity index (χ1n) is 3.27. The Kier molecular flexibility index (Phi) is 4.81. The molecule has 0 aromatic heterocycles. The Morgan fingerprint density at radius 1 is 0.909 bits per heavy atom. The molecular formula is C7H10O4. The van der Waals surface area contributed by atoms with Gasteiger partial charge in [-0.2, -0.15) is 0 Å². The third-order valence-corrected chi connectivity index (χ3v) is 0.722. The summed E-state index contributed by atoms with van der Waals surface area (Å²) >= 11 is 0. The Balaban J connectivity index is 0.000000271. The molecule has 62 valence electrons. The van der Waals surface area contributed by atoms with Crippen molar-refractivity contribution in [3.8, 4) is 0 Å². The minimum atomic E-state index is -1.26. The molecule has 0 atom stereocenters. The molecule has 0 saturated heterocycles. The quantitative estimate of drug-likeness (QED) is 0.585. The molecule has 4 heteroatoms. The number of hydrogen-bond acceptors (Lipinski definition) is 2. The molecule has 4 nitrogen and oxygen atoms in total. The molecule has 0 aromatic rings. The molecule has 0 unspecified atom stereocenters. The first-order valence-corrected chi connectivity index (χ1v) is 3.27. The van der Waals surface area contributed by atoms with Crippen molar-refractivity contribution < 1.29 is 19.8 Å². The smallest absolute Gasteiger partial charge is 0.328 e. The van der Waals surface area contributed by atoms with E-state index in [1.807, 2.05) is 0 Å². The van der Waals surface area contributed by atoms with Crippen LogP contribution in [0.25, 0.3) is 0 Å². The number of hydrogen-bond donors (Lipinski definition) is 2. The standard InChI is InChI=1S/C4H4O4.C3H6/c5-3(6)1-2-4(7)8;1-2-3-1/h1-2H,(H,5,6)(H,7,8);1-3H2/b2-1-;. The van der Waals surface area contributed by atoms with Crippen LogP contribution in [0.2, 0.25) is 0 Å². The lowest BCUT2D eigenvalue weighted by Crippen LogP contribution is -1.91. The highest BCUT2D eigenvalue weighted by molar-refractivity contribution is 5.89. The predicted octanol–water partition coefficient (Wildman–Crippen LogP) is 0.882. The number of rotatable bonds is 2. The van der Waals surface area contributed by atoms with Gasteiger partial charge in [0.05, 0.1) is 0 Å². The van der Waals surface area contributed by atoms with Crippen molar-refractivity contribution in [3.63, 3.8) is 0 Å². The summed E-state index contributed by atoms with van der Waals surface area (Å²) in [6, 6.07) is 0. The van der Waals surface area contributed by atoms with Crippen molar-refractivity contribution >= 4 is 11.9 Å². The van der Waals surface area contributed by atoms with Gasteiger partial charge in [0.15, 0.2) is 0 Å². The second-order valence-corrected chi connectivity index (χ2v) is 2.07. The van der Waals surface area contributed by atoms with E-state index in [4.69, 9.17) is 10.2 Å². The van der Waals surface area contributed by atoms with Crippen molar-refractivity contribution in [1.82, 2.24) is 0 Å². The number of aliphatic carboxylic acids is 2. The summed E-state index contributed by atoms with van der Waals surface area (Å²) in [6.07, 6.45) is 5.62. The highest BCUT2D eigenvalue weighted by Crippen LogP contribution is 2.14. The lowest BCUT2D eigenvalue weighted by Gasteiger charge is -1.74. The Bertz CT molecular complexity index is 151. The molecule has 1 aliphatic rings. The first kappa shape index (κ1) is 9.68. The molecule has 0 aromatic carbocycles. The van der Waals surface area contributed by atoms with Gasteiger partial charge in [-0.1, -0.05) is 19.3 Å². The molecule has 0 radical (unpaired) electrons. The second kappa shape index (κ2) is 5.46. The van der Waals surface area contributed by atoms with Crippen molar-refractivity contribution in [2.24, 2.45) is 0 Å². The maximum absolute atomic E-state index is 9.55. The highest BCUT2D eigenvalue weighted by atomic mass is 16.4. The lowest BCUT2D eigenvalue weighted by molar-refractivity contribution is -0.134. The van der Waals surface area contributed by atoms with Crippen LogP contribution in [0.1, 0.15) is 19.3 Å². The fourth-order valence-electron chi connectivity index (χ4n) is 0.143. The summed E-state index contributed by atoms with van der Waals surface area (Å²) < 4.78 is 0. The van der Waals surface area contributed by atoms with E-state index in [-0.39, 0.29) is 0 Å². The van der Waals surface area contributed by atoms with Crippen LogP contribution < -0.4 is 0 Å². The minimum Gasteiger partial charge on any atom is -0.478 e. The third kappa shape index (κ3) is 17.7. The predicted molar refractivity (Wildman–Crippen MR) is 38.3 cm³/mol. The van der Waals surface area contributed by atoms with Gasteiger partial charge in [-0.3, -0.25) is 0 Å². The Morgan fingerprint density at radius 3 is 1.27 bits per heavy atom. The molecule has 1 fully saturated rings. The number of carboxylic acids is 2. The van der Waals surface area contributed by atoms with E-state index < -0.39 is 11.9 Å². The summed E-state index contributed by atoms with van der Waals surface area (Å²) in [4.78, 5) is 19.1. The topological polar surface area (TPSA) is 74.6 Å². The van der Waals surface area contributed by atoms with Crippen LogP contribution in [0.15, 0.2) is 12.2 Å². The van der Waals surface area contributed by atoms with Crippen LogP contribution in [-0.2, 0) is 9.59 Å². The summed E-state index contributed by atoms with van der Waals surface area (Å²) in [5.74, 6) is -2.51. The van der Waals surface area contributed by atoms with Crippen molar-refractivity contribution in [3.05, 3.63) is 12.2 Å². The van der Waals surface area contributed by atoms with Gasteiger partial charge in [0, 0.05) is 12.2 Å². The van der Waals surface area contributed by atoms with Gasteiger partial charge in [-0.15, -0.1) is 0 Å². The van der Waals surface area contributed by atoms with Crippen molar-refractivity contribution in [1.29, 1.82) is 0 Å². The Morgan fingerprint density at radius 2 is 1.18 bits per heavy atom. The zero-order chi connectivity index (χ0) is 8.69. The van der Waals surface area contributed by atoms with Crippen molar-refractivity contribution in [2.75, 3.05) is 0 Å².